The van der Waals surface area contributed by atoms with Crippen molar-refractivity contribution < 1.29 is 32.8 Å². The Kier molecular flexibility index (Phi) is 36.2. The number of esters is 1. The highest BCUT2D eigenvalue weighted by Gasteiger charge is 2.25. The Morgan fingerprint density at radius 3 is 1.56 bits per heavy atom. The second kappa shape index (κ2) is 37.1. The first kappa shape index (κ1) is 46.8. The van der Waals surface area contributed by atoms with Crippen LogP contribution in [0, 0.1) is 0 Å². The van der Waals surface area contributed by atoms with Crippen LogP contribution in [0.5, 0.6) is 0 Å². The summed E-state index contributed by atoms with van der Waals surface area (Å²) in [6.07, 6.45) is 39.9. The lowest BCUT2D eigenvalue weighted by atomic mass is 10.0. The minimum atomic E-state index is -4.28. The molecule has 0 aromatic carbocycles. The first-order chi connectivity index (χ1) is 23.4. The normalized spacial score (nSPS) is 13.8. The summed E-state index contributed by atoms with van der Waals surface area (Å²) >= 11 is 0. The highest BCUT2D eigenvalue weighted by molar-refractivity contribution is 7.47. The van der Waals surface area contributed by atoms with Gasteiger partial charge in [0, 0.05) is 13.0 Å². The number of carbonyl (C=O) groups is 1. The van der Waals surface area contributed by atoms with Crippen LogP contribution in [0.3, 0.4) is 0 Å². The monoisotopic (exact) mass is 702 g/mol. The molecule has 9 heteroatoms. The fourth-order valence-corrected chi connectivity index (χ4v) is 6.25. The molecule has 0 aromatic rings. The van der Waals surface area contributed by atoms with Crippen LogP contribution in [0.4, 0.5) is 0 Å². The van der Waals surface area contributed by atoms with Crippen LogP contribution in [0.25, 0.3) is 0 Å². The van der Waals surface area contributed by atoms with Crippen LogP contribution in [0.1, 0.15) is 187 Å². The zero-order chi connectivity index (χ0) is 35.2. The Balaban J connectivity index is 4.12. The van der Waals surface area contributed by atoms with Gasteiger partial charge in [0.25, 0.3) is 0 Å². The zero-order valence-corrected chi connectivity index (χ0v) is 32.1. The lowest BCUT2D eigenvalue weighted by Gasteiger charge is -2.19. The smallest absolute Gasteiger partial charge is 0.472 e. The molecule has 8 nitrogen and oxygen atoms in total. The number of unbranched alkanes of at least 4 members (excludes halogenated alkanes) is 23. The molecule has 0 aromatic heterocycles. The second-order valence-corrected chi connectivity index (χ2v) is 14.7. The van der Waals surface area contributed by atoms with Gasteiger partial charge in [0.1, 0.15) is 6.61 Å². The average molecular weight is 702 g/mol. The molecule has 0 amide bonds. The summed E-state index contributed by atoms with van der Waals surface area (Å²) in [4.78, 5) is 22.4. The standard InChI is InChI=1S/C39H76NO7P/c1-3-5-7-9-11-13-15-17-19-20-22-24-26-28-30-32-39(41)47-38(37-46-48(42,43)45-35-33-40)36-44-34-31-29-27-25-23-21-18-16-14-12-10-8-6-4-2/h13,15,31,34,38H,3-12,14,16-30,32-33,35-37,40H2,1-2H3,(H,42,43)/b15-13-,34-31-/t38-/m1/s1. The van der Waals surface area contributed by atoms with Gasteiger partial charge in [-0.3, -0.25) is 13.8 Å². The maximum atomic E-state index is 12.5. The van der Waals surface area contributed by atoms with Gasteiger partial charge in [-0.15, -0.1) is 0 Å². The molecule has 0 aliphatic rings. The third kappa shape index (κ3) is 36.1. The van der Waals surface area contributed by atoms with Gasteiger partial charge in [0.2, 0.25) is 0 Å². The number of hydrogen-bond donors (Lipinski definition) is 2. The lowest BCUT2D eigenvalue weighted by molar-refractivity contribution is -0.153. The molecule has 0 spiro atoms. The van der Waals surface area contributed by atoms with Crippen molar-refractivity contribution in [2.24, 2.45) is 5.73 Å². The summed E-state index contributed by atoms with van der Waals surface area (Å²) in [6, 6.07) is 0. The predicted molar refractivity (Wildman–Crippen MR) is 201 cm³/mol. The summed E-state index contributed by atoms with van der Waals surface area (Å²) in [5, 5.41) is 0. The molecule has 2 atom stereocenters. The Hall–Kier alpha value is -1.18. The Morgan fingerprint density at radius 1 is 0.625 bits per heavy atom. The molecule has 3 N–H and O–H groups in total. The first-order valence-electron chi connectivity index (χ1n) is 19.9. The first-order valence-corrected chi connectivity index (χ1v) is 21.4. The van der Waals surface area contributed by atoms with Crippen LogP contribution in [0.2, 0.25) is 0 Å². The molecule has 0 saturated carbocycles. The van der Waals surface area contributed by atoms with Gasteiger partial charge in [0.15, 0.2) is 6.10 Å². The van der Waals surface area contributed by atoms with Crippen LogP contribution >= 0.6 is 7.82 Å². The van der Waals surface area contributed by atoms with Crippen molar-refractivity contribution in [1.29, 1.82) is 0 Å². The van der Waals surface area contributed by atoms with E-state index in [1.54, 1.807) is 6.26 Å². The number of hydrogen-bond acceptors (Lipinski definition) is 7. The summed E-state index contributed by atoms with van der Waals surface area (Å²) in [5.74, 6) is -0.357. The van der Waals surface area contributed by atoms with Crippen molar-refractivity contribution in [1.82, 2.24) is 0 Å². The number of allylic oxidation sites excluding steroid dienone is 3. The van der Waals surface area contributed by atoms with Gasteiger partial charge in [-0.25, -0.2) is 4.57 Å². The quantitative estimate of drug-likeness (QED) is 0.0215. The summed E-state index contributed by atoms with van der Waals surface area (Å²) < 4.78 is 33.1. The fourth-order valence-electron chi connectivity index (χ4n) is 5.49. The minimum absolute atomic E-state index is 0.0334. The van der Waals surface area contributed by atoms with Crippen LogP contribution in [0.15, 0.2) is 24.5 Å². The topological polar surface area (TPSA) is 117 Å². The summed E-state index contributed by atoms with van der Waals surface area (Å²) in [6.45, 7) is 4.23. The van der Waals surface area contributed by atoms with Crippen molar-refractivity contribution >= 4 is 13.8 Å². The van der Waals surface area contributed by atoms with E-state index in [2.05, 4.69) is 26.0 Å². The zero-order valence-electron chi connectivity index (χ0n) is 31.2. The van der Waals surface area contributed by atoms with Gasteiger partial charge >= 0.3 is 13.8 Å². The molecule has 0 heterocycles. The van der Waals surface area contributed by atoms with Crippen molar-refractivity contribution in [2.75, 3.05) is 26.4 Å². The largest absolute Gasteiger partial charge is 0.498 e. The number of phosphoric ester groups is 1. The molecule has 0 fully saturated rings. The molecule has 284 valence electrons. The van der Waals surface area contributed by atoms with E-state index in [0.717, 1.165) is 32.1 Å². The minimum Gasteiger partial charge on any atom is -0.498 e. The SMILES string of the molecule is CCCCCC/C=C\CCCCCCCCCC(=O)O[C@H](CO/C=C\CCCCCCCCCCCCCC)COP(=O)(O)OCCN. The van der Waals surface area contributed by atoms with Crippen LogP contribution in [-0.2, 0) is 27.9 Å². The molecule has 0 aliphatic carbocycles. The van der Waals surface area contributed by atoms with Crippen molar-refractivity contribution in [3.05, 3.63) is 24.5 Å². The third-order valence-electron chi connectivity index (χ3n) is 8.44. The third-order valence-corrected chi connectivity index (χ3v) is 9.42. The maximum Gasteiger partial charge on any atom is 0.472 e. The molecular weight excluding hydrogens is 625 g/mol. The number of carbonyl (C=O) groups excluding carboxylic acids is 1. The number of ether oxygens (including phenoxy) is 2. The molecule has 0 radical (unpaired) electrons. The van der Waals surface area contributed by atoms with E-state index >= 15 is 0 Å². The van der Waals surface area contributed by atoms with E-state index in [1.165, 1.54) is 135 Å². The van der Waals surface area contributed by atoms with Gasteiger partial charge in [-0.1, -0.05) is 148 Å². The highest BCUT2D eigenvalue weighted by Crippen LogP contribution is 2.43. The Bertz CT molecular complexity index is 792. The summed E-state index contributed by atoms with van der Waals surface area (Å²) in [7, 11) is -4.28. The Labute approximate surface area is 296 Å². The van der Waals surface area contributed by atoms with E-state index in [1.807, 2.05) is 6.08 Å². The molecule has 48 heavy (non-hydrogen) atoms. The molecule has 0 aliphatic heterocycles. The fraction of sp³-hybridized carbons (Fsp3) is 0.872. The van der Waals surface area contributed by atoms with Gasteiger partial charge < -0.3 is 20.1 Å². The van der Waals surface area contributed by atoms with E-state index in [0.29, 0.717) is 6.42 Å². The second-order valence-electron chi connectivity index (χ2n) is 13.2. The molecule has 0 bridgehead atoms. The van der Waals surface area contributed by atoms with Crippen LogP contribution < -0.4 is 5.73 Å². The van der Waals surface area contributed by atoms with E-state index in [4.69, 9.17) is 24.3 Å². The van der Waals surface area contributed by atoms with Gasteiger partial charge in [-0.2, -0.15) is 0 Å². The highest BCUT2D eigenvalue weighted by atomic mass is 31.2. The predicted octanol–water partition coefficient (Wildman–Crippen LogP) is 11.6. The summed E-state index contributed by atoms with van der Waals surface area (Å²) in [5.41, 5.74) is 5.35. The van der Waals surface area contributed by atoms with E-state index < -0.39 is 13.9 Å². The average Bonchev–Trinajstić information content (AvgIpc) is 3.07. The van der Waals surface area contributed by atoms with Gasteiger partial charge in [-0.05, 0) is 51.0 Å². The molecule has 0 saturated heterocycles. The van der Waals surface area contributed by atoms with Crippen LogP contribution in [-0.4, -0.2) is 43.3 Å². The number of phosphoric acid groups is 1. The lowest BCUT2D eigenvalue weighted by Crippen LogP contribution is -2.27. The molecule has 1 unspecified atom stereocenters. The van der Waals surface area contributed by atoms with E-state index in [9.17, 15) is 14.3 Å². The van der Waals surface area contributed by atoms with Crippen molar-refractivity contribution in [2.45, 2.75) is 193 Å². The number of rotatable bonds is 38. The van der Waals surface area contributed by atoms with E-state index in [-0.39, 0.29) is 32.3 Å². The Morgan fingerprint density at radius 2 is 1.06 bits per heavy atom. The van der Waals surface area contributed by atoms with Gasteiger partial charge in [0.05, 0.1) is 19.5 Å². The van der Waals surface area contributed by atoms with Crippen molar-refractivity contribution in [3.63, 3.8) is 0 Å². The molecule has 0 rings (SSSR count). The number of nitrogens with two attached hydrogens (primary N) is 1. The maximum absolute atomic E-state index is 12.5. The van der Waals surface area contributed by atoms with Crippen molar-refractivity contribution in [3.8, 4) is 0 Å². The molecular formula is C39H76NO7P.